The first kappa shape index (κ1) is 26.4. The molecular weight excluding hydrogens is 469 g/mol. The molecule has 6 nitrogen and oxygen atoms in total. The summed E-state index contributed by atoms with van der Waals surface area (Å²) in [6.07, 6.45) is 2.03. The molecule has 1 amide bonds. The van der Waals surface area contributed by atoms with Gasteiger partial charge >= 0.3 is 5.97 Å². The van der Waals surface area contributed by atoms with Gasteiger partial charge in [-0.3, -0.25) is 9.80 Å². The number of para-hydroxylation sites is 1. The van der Waals surface area contributed by atoms with Crippen LogP contribution < -0.4 is 15.8 Å². The third-order valence-electron chi connectivity index (χ3n) is 7.55. The Balaban J connectivity index is 1.91. The number of carboxylic acids is 1. The molecule has 0 aromatic heterocycles. The minimum atomic E-state index is -1.47. The summed E-state index contributed by atoms with van der Waals surface area (Å²) >= 11 is 0. The van der Waals surface area contributed by atoms with Crippen molar-refractivity contribution in [3.05, 3.63) is 102 Å². The van der Waals surface area contributed by atoms with E-state index in [1.165, 1.54) is 12.1 Å². The number of rotatable bonds is 9. The van der Waals surface area contributed by atoms with Crippen molar-refractivity contribution in [3.63, 3.8) is 0 Å². The molecule has 3 aromatic carbocycles. The third-order valence-corrected chi connectivity index (χ3v) is 7.55. The molecule has 0 spiro atoms. The summed E-state index contributed by atoms with van der Waals surface area (Å²) in [5.74, 6) is -2.51. The number of carbonyl (C=O) groups excluding carboxylic acids is 1. The lowest BCUT2D eigenvalue weighted by Crippen LogP contribution is -2.57. The zero-order valence-electron chi connectivity index (χ0n) is 21.4. The number of carbonyl (C=O) groups is 2. The lowest BCUT2D eigenvalue weighted by atomic mass is 9.67. The van der Waals surface area contributed by atoms with Gasteiger partial charge in [0.15, 0.2) is 5.54 Å². The number of hydrazine groups is 1. The molecule has 0 radical (unpaired) electrons. The number of carboxylic acid groups (broad SMARTS) is 1. The van der Waals surface area contributed by atoms with Crippen molar-refractivity contribution in [2.45, 2.75) is 57.2 Å². The molecule has 1 fully saturated rings. The van der Waals surface area contributed by atoms with Gasteiger partial charge in [-0.05, 0) is 55.7 Å². The van der Waals surface area contributed by atoms with Crippen LogP contribution in [-0.2, 0) is 15.1 Å². The number of halogens is 1. The second-order valence-electron chi connectivity index (χ2n) is 9.85. The molecule has 7 heteroatoms. The summed E-state index contributed by atoms with van der Waals surface area (Å²) in [4.78, 5) is 27.5. The summed E-state index contributed by atoms with van der Waals surface area (Å²) in [5.41, 5.74) is 2.49. The second kappa shape index (κ2) is 10.7. The topological polar surface area (TPSA) is 81.7 Å². The van der Waals surface area contributed by atoms with Gasteiger partial charge in [0.1, 0.15) is 11.4 Å². The van der Waals surface area contributed by atoms with Crippen LogP contribution in [0.25, 0.3) is 0 Å². The fourth-order valence-electron chi connectivity index (χ4n) is 5.46. The van der Waals surface area contributed by atoms with E-state index in [1.807, 2.05) is 74.5 Å². The van der Waals surface area contributed by atoms with Gasteiger partial charge in [0, 0.05) is 5.92 Å². The van der Waals surface area contributed by atoms with Crippen molar-refractivity contribution in [1.82, 2.24) is 10.7 Å². The number of amides is 1. The third kappa shape index (κ3) is 4.71. The van der Waals surface area contributed by atoms with E-state index in [1.54, 1.807) is 24.1 Å². The number of benzene rings is 3. The predicted molar refractivity (Wildman–Crippen MR) is 142 cm³/mol. The number of unbranched alkanes of at least 4 members (excludes halogenated alkanes) is 1. The van der Waals surface area contributed by atoms with E-state index >= 15 is 0 Å². The molecule has 3 N–H and O–H groups in total. The quantitative estimate of drug-likeness (QED) is 0.356. The van der Waals surface area contributed by atoms with E-state index in [0.29, 0.717) is 17.7 Å². The van der Waals surface area contributed by atoms with Crippen LogP contribution in [-0.4, -0.2) is 22.5 Å². The molecule has 0 bridgehead atoms. The first-order valence-corrected chi connectivity index (χ1v) is 12.7. The number of aliphatic carboxylic acids is 1. The Kier molecular flexibility index (Phi) is 7.64. The van der Waals surface area contributed by atoms with Crippen molar-refractivity contribution in [2.75, 3.05) is 5.01 Å². The van der Waals surface area contributed by atoms with Crippen molar-refractivity contribution < 1.29 is 19.1 Å². The van der Waals surface area contributed by atoms with E-state index in [9.17, 15) is 19.1 Å². The van der Waals surface area contributed by atoms with E-state index in [0.717, 1.165) is 18.4 Å². The Morgan fingerprint density at radius 2 is 1.62 bits per heavy atom. The molecule has 194 valence electrons. The number of nitrogens with zero attached hydrogens (tertiary/aromatic N) is 1. The van der Waals surface area contributed by atoms with Gasteiger partial charge in [-0.25, -0.2) is 14.6 Å². The Morgan fingerprint density at radius 1 is 1.03 bits per heavy atom. The standard InChI is InChI=1S/C30H34FN3O3/c1-4-5-16-26-29(3,28(36)37)34(25-14-10-7-11-15-25)33-30(26,23-17-19-24(31)20-18-23)27(35)32-21(2)22-12-8-6-9-13-22/h6-15,17-21,26,33H,4-5,16H2,1-3H3,(H,32,35)(H,36,37)/t21-,26?,29?,30?/m0/s1. The molecule has 4 atom stereocenters. The van der Waals surface area contributed by atoms with Crippen molar-refractivity contribution in [2.24, 2.45) is 5.92 Å². The first-order valence-electron chi connectivity index (χ1n) is 12.7. The van der Waals surface area contributed by atoms with Crippen molar-refractivity contribution >= 4 is 17.6 Å². The number of nitrogens with one attached hydrogen (secondary N) is 2. The molecule has 37 heavy (non-hydrogen) atoms. The van der Waals surface area contributed by atoms with Gasteiger partial charge in [0.05, 0.1) is 11.7 Å². The SMILES string of the molecule is CCCCC1C(C(=O)N[C@@H](C)c2ccccc2)(c2ccc(F)cc2)NN(c2ccccc2)C1(C)C(=O)O. The number of anilines is 1. The molecule has 1 aliphatic heterocycles. The highest BCUT2D eigenvalue weighted by Crippen LogP contribution is 2.50. The monoisotopic (exact) mass is 503 g/mol. The van der Waals surface area contributed by atoms with Crippen LogP contribution in [0.3, 0.4) is 0 Å². The summed E-state index contributed by atoms with van der Waals surface area (Å²) in [7, 11) is 0. The lowest BCUT2D eigenvalue weighted by Gasteiger charge is -2.38. The van der Waals surface area contributed by atoms with Gasteiger partial charge in [-0.1, -0.05) is 80.4 Å². The highest BCUT2D eigenvalue weighted by Gasteiger charge is 2.66. The van der Waals surface area contributed by atoms with E-state index in [2.05, 4.69) is 10.7 Å². The summed E-state index contributed by atoms with van der Waals surface area (Å²) in [6, 6.07) is 24.2. The zero-order valence-corrected chi connectivity index (χ0v) is 21.4. The molecule has 0 saturated carbocycles. The molecule has 3 unspecified atom stereocenters. The highest BCUT2D eigenvalue weighted by molar-refractivity contribution is 5.94. The van der Waals surface area contributed by atoms with E-state index < -0.39 is 28.8 Å². The smallest absolute Gasteiger partial charge is 0.331 e. The van der Waals surface area contributed by atoms with Crippen molar-refractivity contribution in [3.8, 4) is 0 Å². The van der Waals surface area contributed by atoms with Gasteiger partial charge in [-0.15, -0.1) is 0 Å². The molecule has 4 rings (SSSR count). The Labute approximate surface area is 217 Å². The molecule has 0 aliphatic carbocycles. The van der Waals surface area contributed by atoms with E-state index in [-0.39, 0.29) is 11.9 Å². The first-order chi connectivity index (χ1) is 17.7. The fraction of sp³-hybridized carbons (Fsp3) is 0.333. The Morgan fingerprint density at radius 3 is 2.19 bits per heavy atom. The minimum Gasteiger partial charge on any atom is -0.479 e. The minimum absolute atomic E-state index is 0.332. The van der Waals surface area contributed by atoms with Crippen LogP contribution >= 0.6 is 0 Å². The molecule has 1 saturated heterocycles. The largest absolute Gasteiger partial charge is 0.479 e. The molecule has 1 aliphatic rings. The average Bonchev–Trinajstić information content (AvgIpc) is 3.19. The maximum absolute atomic E-state index is 14.4. The van der Waals surface area contributed by atoms with Crippen LogP contribution in [0.15, 0.2) is 84.9 Å². The van der Waals surface area contributed by atoms with E-state index in [4.69, 9.17) is 0 Å². The van der Waals surface area contributed by atoms with Crippen LogP contribution in [0.1, 0.15) is 57.2 Å². The van der Waals surface area contributed by atoms with Crippen LogP contribution in [0.5, 0.6) is 0 Å². The molecule has 3 aromatic rings. The maximum atomic E-state index is 14.4. The summed E-state index contributed by atoms with van der Waals surface area (Å²) < 4.78 is 14.0. The normalized spacial score (nSPS) is 24.0. The number of hydrogen-bond acceptors (Lipinski definition) is 4. The Hall–Kier alpha value is -3.71. The highest BCUT2D eigenvalue weighted by atomic mass is 19.1. The summed E-state index contributed by atoms with van der Waals surface area (Å²) in [6.45, 7) is 5.59. The maximum Gasteiger partial charge on any atom is 0.331 e. The van der Waals surface area contributed by atoms with Crippen molar-refractivity contribution in [1.29, 1.82) is 0 Å². The zero-order chi connectivity index (χ0) is 26.6. The van der Waals surface area contributed by atoms with Gasteiger partial charge in [0.25, 0.3) is 0 Å². The molecular formula is C30H34FN3O3. The van der Waals surface area contributed by atoms with Gasteiger partial charge in [-0.2, -0.15) is 0 Å². The lowest BCUT2D eigenvalue weighted by molar-refractivity contribution is -0.145. The fourth-order valence-corrected chi connectivity index (χ4v) is 5.46. The molecule has 1 heterocycles. The predicted octanol–water partition coefficient (Wildman–Crippen LogP) is 5.57. The van der Waals surface area contributed by atoms with Gasteiger partial charge in [0.2, 0.25) is 5.91 Å². The average molecular weight is 504 g/mol. The number of hydrogen-bond donors (Lipinski definition) is 3. The second-order valence-corrected chi connectivity index (χ2v) is 9.85. The van der Waals surface area contributed by atoms with Gasteiger partial charge < -0.3 is 10.4 Å². The van der Waals surface area contributed by atoms with Crippen LogP contribution in [0.2, 0.25) is 0 Å². The van der Waals surface area contributed by atoms with Crippen LogP contribution in [0, 0.1) is 11.7 Å². The van der Waals surface area contributed by atoms with Crippen LogP contribution in [0.4, 0.5) is 10.1 Å². The Bertz CT molecular complexity index is 1220. The summed E-state index contributed by atoms with van der Waals surface area (Å²) in [5, 5.41) is 15.4.